The van der Waals surface area contributed by atoms with Gasteiger partial charge in [0.1, 0.15) is 0 Å². The Bertz CT molecular complexity index is 389. The van der Waals surface area contributed by atoms with Crippen molar-refractivity contribution < 1.29 is 0 Å². The van der Waals surface area contributed by atoms with Crippen LogP contribution < -0.4 is 0 Å². The van der Waals surface area contributed by atoms with Gasteiger partial charge in [-0.2, -0.15) is 0 Å². The summed E-state index contributed by atoms with van der Waals surface area (Å²) in [6.07, 6.45) is 1.14. The van der Waals surface area contributed by atoms with Crippen LogP contribution in [0.1, 0.15) is 12.5 Å². The fourth-order valence-electron chi connectivity index (χ4n) is 1.15. The van der Waals surface area contributed by atoms with Crippen LogP contribution in [0.5, 0.6) is 0 Å². The van der Waals surface area contributed by atoms with Gasteiger partial charge in [0, 0.05) is 0 Å². The van der Waals surface area contributed by atoms with Gasteiger partial charge in [0.05, 0.1) is 10.0 Å². The molecule has 0 aliphatic heterocycles. The summed E-state index contributed by atoms with van der Waals surface area (Å²) in [7, 11) is 0. The average molecular weight is 253 g/mol. The third-order valence-corrected chi connectivity index (χ3v) is 2.83. The third kappa shape index (κ3) is 4.69. The first kappa shape index (κ1) is 13.1. The first-order chi connectivity index (χ1) is 7.74. The van der Waals surface area contributed by atoms with Gasteiger partial charge < -0.3 is 0 Å². The van der Waals surface area contributed by atoms with E-state index < -0.39 is 0 Å². The van der Waals surface area contributed by atoms with Crippen LogP contribution in [-0.2, 0) is 6.42 Å². The predicted molar refractivity (Wildman–Crippen MR) is 72.3 cm³/mol. The zero-order valence-electron chi connectivity index (χ0n) is 9.16. The predicted octanol–water partition coefficient (Wildman–Crippen LogP) is 5.24. The van der Waals surface area contributed by atoms with E-state index in [-0.39, 0.29) is 0 Å². The number of rotatable bonds is 1. The summed E-state index contributed by atoms with van der Waals surface area (Å²) >= 11 is 11.2. The zero-order chi connectivity index (χ0) is 11.8. The Morgan fingerprint density at radius 1 is 0.750 bits per heavy atom. The van der Waals surface area contributed by atoms with E-state index in [4.69, 9.17) is 23.2 Å². The SMILES string of the molecule is CCc1ccccc1.Clc1ccccc1Cl. The second kappa shape index (κ2) is 7.32. The van der Waals surface area contributed by atoms with E-state index in [1.54, 1.807) is 12.1 Å². The molecule has 2 heteroatoms. The molecular weight excluding hydrogens is 239 g/mol. The Morgan fingerprint density at radius 3 is 1.50 bits per heavy atom. The van der Waals surface area contributed by atoms with Crippen LogP contribution in [0.4, 0.5) is 0 Å². The van der Waals surface area contributed by atoms with Gasteiger partial charge in [0.15, 0.2) is 0 Å². The van der Waals surface area contributed by atoms with Crippen LogP contribution in [0, 0.1) is 0 Å². The van der Waals surface area contributed by atoms with Crippen LogP contribution >= 0.6 is 23.2 Å². The standard InChI is InChI=1S/C8H10.C6H4Cl2/c1-2-8-6-4-3-5-7-8;7-5-3-1-2-4-6(5)8/h3-7H,2H2,1H3;1-4H. The lowest BCUT2D eigenvalue weighted by Crippen LogP contribution is -1.73. The molecule has 0 saturated heterocycles. The smallest absolute Gasteiger partial charge is 0.0592 e. The molecule has 84 valence electrons. The molecular formula is C14H14Cl2. The molecule has 0 unspecified atom stereocenters. The van der Waals surface area contributed by atoms with Crippen LogP contribution in [0.25, 0.3) is 0 Å². The topological polar surface area (TPSA) is 0 Å². The molecule has 0 aliphatic rings. The zero-order valence-corrected chi connectivity index (χ0v) is 10.7. The van der Waals surface area contributed by atoms with Gasteiger partial charge in [-0.25, -0.2) is 0 Å². The molecule has 0 N–H and O–H groups in total. The second-order valence-electron chi connectivity index (χ2n) is 3.25. The molecule has 0 aliphatic carbocycles. The number of halogens is 2. The van der Waals surface area contributed by atoms with E-state index in [2.05, 4.69) is 31.2 Å². The molecule has 16 heavy (non-hydrogen) atoms. The highest BCUT2D eigenvalue weighted by atomic mass is 35.5. The first-order valence-electron chi connectivity index (χ1n) is 5.18. The van der Waals surface area contributed by atoms with Gasteiger partial charge in [-0.15, -0.1) is 0 Å². The Kier molecular flexibility index (Phi) is 5.99. The molecule has 2 aromatic carbocycles. The van der Waals surface area contributed by atoms with Crippen LogP contribution in [0.3, 0.4) is 0 Å². The van der Waals surface area contributed by atoms with Crippen molar-refractivity contribution in [3.63, 3.8) is 0 Å². The summed E-state index contributed by atoms with van der Waals surface area (Å²) in [5.74, 6) is 0. The van der Waals surface area contributed by atoms with Crippen molar-refractivity contribution in [3.05, 3.63) is 70.2 Å². The Labute approximate surface area is 107 Å². The van der Waals surface area contributed by atoms with Gasteiger partial charge in [0.2, 0.25) is 0 Å². The highest BCUT2D eigenvalue weighted by molar-refractivity contribution is 6.41. The molecule has 2 aromatic rings. The van der Waals surface area contributed by atoms with Crippen LogP contribution in [0.15, 0.2) is 54.6 Å². The van der Waals surface area contributed by atoms with E-state index in [0.717, 1.165) is 6.42 Å². The number of benzene rings is 2. The van der Waals surface area contributed by atoms with Crippen LogP contribution in [0.2, 0.25) is 10.0 Å². The van der Waals surface area contributed by atoms with Gasteiger partial charge in [0.25, 0.3) is 0 Å². The minimum absolute atomic E-state index is 0.606. The lowest BCUT2D eigenvalue weighted by Gasteiger charge is -1.89. The highest BCUT2D eigenvalue weighted by Gasteiger charge is 1.89. The monoisotopic (exact) mass is 252 g/mol. The molecule has 2 rings (SSSR count). The van der Waals surface area contributed by atoms with Crippen molar-refractivity contribution in [1.29, 1.82) is 0 Å². The van der Waals surface area contributed by atoms with E-state index in [0.29, 0.717) is 10.0 Å². The molecule has 0 nitrogen and oxygen atoms in total. The van der Waals surface area contributed by atoms with Crippen molar-refractivity contribution in [2.45, 2.75) is 13.3 Å². The van der Waals surface area contributed by atoms with Crippen molar-refractivity contribution in [2.24, 2.45) is 0 Å². The van der Waals surface area contributed by atoms with E-state index in [1.165, 1.54) is 5.56 Å². The quantitative estimate of drug-likeness (QED) is 0.651. The lowest BCUT2D eigenvalue weighted by molar-refractivity contribution is 1.14. The Balaban J connectivity index is 0.000000160. The molecule has 0 spiro atoms. The molecule has 0 amide bonds. The molecule has 0 heterocycles. The Hall–Kier alpha value is -0.980. The highest BCUT2D eigenvalue weighted by Crippen LogP contribution is 2.19. The summed E-state index contributed by atoms with van der Waals surface area (Å²) in [5.41, 5.74) is 1.41. The van der Waals surface area contributed by atoms with E-state index in [1.807, 2.05) is 18.2 Å². The van der Waals surface area contributed by atoms with Gasteiger partial charge in [-0.05, 0) is 24.1 Å². The van der Waals surface area contributed by atoms with Crippen molar-refractivity contribution in [1.82, 2.24) is 0 Å². The number of hydrogen-bond donors (Lipinski definition) is 0. The average Bonchev–Trinajstić information content (AvgIpc) is 2.35. The molecule has 0 fully saturated rings. The number of aryl methyl sites for hydroxylation is 1. The summed E-state index contributed by atoms with van der Waals surface area (Å²) in [6.45, 7) is 2.16. The van der Waals surface area contributed by atoms with Gasteiger partial charge in [-0.3, -0.25) is 0 Å². The maximum atomic E-state index is 5.58. The maximum absolute atomic E-state index is 5.58. The fraction of sp³-hybridized carbons (Fsp3) is 0.143. The van der Waals surface area contributed by atoms with Gasteiger partial charge in [-0.1, -0.05) is 72.6 Å². The number of hydrogen-bond acceptors (Lipinski definition) is 0. The van der Waals surface area contributed by atoms with Gasteiger partial charge >= 0.3 is 0 Å². The lowest BCUT2D eigenvalue weighted by atomic mass is 10.2. The van der Waals surface area contributed by atoms with Crippen molar-refractivity contribution in [2.75, 3.05) is 0 Å². The van der Waals surface area contributed by atoms with Crippen molar-refractivity contribution >= 4 is 23.2 Å². The first-order valence-corrected chi connectivity index (χ1v) is 5.93. The molecule has 0 radical (unpaired) electrons. The fourth-order valence-corrected chi connectivity index (χ4v) is 1.42. The summed E-state index contributed by atoms with van der Waals surface area (Å²) in [6, 6.07) is 17.6. The summed E-state index contributed by atoms with van der Waals surface area (Å²) in [4.78, 5) is 0. The largest absolute Gasteiger partial charge is 0.0827 e. The summed E-state index contributed by atoms with van der Waals surface area (Å²) in [5, 5.41) is 1.21. The third-order valence-electron chi connectivity index (χ3n) is 2.08. The molecule has 0 aromatic heterocycles. The Morgan fingerprint density at radius 2 is 1.19 bits per heavy atom. The normalized spacial score (nSPS) is 9.19. The maximum Gasteiger partial charge on any atom is 0.0592 e. The summed E-state index contributed by atoms with van der Waals surface area (Å²) < 4.78 is 0. The van der Waals surface area contributed by atoms with Crippen molar-refractivity contribution in [3.8, 4) is 0 Å². The van der Waals surface area contributed by atoms with E-state index in [9.17, 15) is 0 Å². The minimum atomic E-state index is 0.606. The molecule has 0 saturated carbocycles. The van der Waals surface area contributed by atoms with Crippen LogP contribution in [-0.4, -0.2) is 0 Å². The molecule has 0 atom stereocenters. The second-order valence-corrected chi connectivity index (χ2v) is 4.07. The van der Waals surface area contributed by atoms with E-state index >= 15 is 0 Å². The molecule has 0 bridgehead atoms. The minimum Gasteiger partial charge on any atom is -0.0827 e.